The predicted molar refractivity (Wildman–Crippen MR) is 82.0 cm³/mol. The molecule has 8 heteroatoms. The number of hydrogen-bond donors (Lipinski definition) is 1. The van der Waals surface area contributed by atoms with Crippen molar-refractivity contribution in [2.45, 2.75) is 6.54 Å². The van der Waals surface area contributed by atoms with E-state index >= 15 is 0 Å². The molecular formula is C14H12N6O2. The molecule has 0 atom stereocenters. The molecule has 3 aromatic rings. The molecule has 8 nitrogen and oxygen atoms in total. The summed E-state index contributed by atoms with van der Waals surface area (Å²) in [4.78, 5) is 20.9. The number of anilines is 3. The first kappa shape index (κ1) is 12.6. The first-order valence-electron chi connectivity index (χ1n) is 6.77. The maximum atomic E-state index is 10.9. The van der Waals surface area contributed by atoms with Gasteiger partial charge >= 0.3 is 0 Å². The molecule has 0 aliphatic carbocycles. The highest BCUT2D eigenvalue weighted by Gasteiger charge is 2.25. The van der Waals surface area contributed by atoms with Crippen LogP contribution in [0.4, 0.5) is 23.0 Å². The van der Waals surface area contributed by atoms with Gasteiger partial charge in [0, 0.05) is 30.9 Å². The minimum atomic E-state index is -0.390. The Morgan fingerprint density at radius 1 is 1.23 bits per heavy atom. The number of aromatic nitrogens is 3. The minimum absolute atomic E-state index is 0.0753. The van der Waals surface area contributed by atoms with Crippen LogP contribution >= 0.6 is 0 Å². The molecule has 3 heterocycles. The maximum Gasteiger partial charge on any atom is 0.271 e. The van der Waals surface area contributed by atoms with Crippen LogP contribution in [0.2, 0.25) is 0 Å². The van der Waals surface area contributed by atoms with Gasteiger partial charge in [-0.05, 0) is 12.1 Å². The van der Waals surface area contributed by atoms with Gasteiger partial charge in [-0.25, -0.2) is 9.97 Å². The molecule has 1 aliphatic rings. The molecule has 1 aliphatic heterocycles. The number of nitro groups is 1. The molecule has 0 spiro atoms. The van der Waals surface area contributed by atoms with Crippen LogP contribution in [0.5, 0.6) is 0 Å². The molecule has 2 N–H and O–H groups in total. The van der Waals surface area contributed by atoms with Crippen LogP contribution in [0.3, 0.4) is 0 Å². The van der Waals surface area contributed by atoms with E-state index in [1.54, 1.807) is 12.1 Å². The van der Waals surface area contributed by atoms with Crippen molar-refractivity contribution in [3.05, 3.63) is 46.8 Å². The lowest BCUT2D eigenvalue weighted by Crippen LogP contribution is -2.13. The monoisotopic (exact) mass is 296 g/mol. The Labute approximate surface area is 125 Å². The number of fused-ring (bicyclic) bond motifs is 3. The van der Waals surface area contributed by atoms with Crippen LogP contribution in [-0.2, 0) is 6.54 Å². The van der Waals surface area contributed by atoms with Gasteiger partial charge in [-0.3, -0.25) is 10.1 Å². The first-order valence-corrected chi connectivity index (χ1v) is 6.77. The van der Waals surface area contributed by atoms with Gasteiger partial charge in [-0.15, -0.1) is 0 Å². The van der Waals surface area contributed by atoms with Crippen LogP contribution in [0.1, 0.15) is 0 Å². The summed E-state index contributed by atoms with van der Waals surface area (Å²) in [5, 5.41) is 11.7. The Balaban J connectivity index is 1.85. The third kappa shape index (κ3) is 1.70. The molecule has 0 fully saturated rings. The SMILES string of the molecule is Nc1ncnc2c1cc1n2CCN1c1cccc([N+](=O)[O-])c1. The van der Waals surface area contributed by atoms with Crippen molar-refractivity contribution in [2.24, 2.45) is 0 Å². The Bertz CT molecular complexity index is 903. The van der Waals surface area contributed by atoms with E-state index in [-0.39, 0.29) is 5.69 Å². The number of nitrogens with zero attached hydrogens (tertiary/aromatic N) is 5. The molecule has 0 unspecified atom stereocenters. The maximum absolute atomic E-state index is 10.9. The van der Waals surface area contributed by atoms with Crippen molar-refractivity contribution in [1.82, 2.24) is 14.5 Å². The van der Waals surface area contributed by atoms with Gasteiger partial charge in [0.2, 0.25) is 0 Å². The first-order chi connectivity index (χ1) is 10.6. The molecule has 2 aromatic heterocycles. The zero-order chi connectivity index (χ0) is 15.3. The summed E-state index contributed by atoms with van der Waals surface area (Å²) in [6, 6.07) is 8.53. The lowest BCUT2D eigenvalue weighted by Gasteiger charge is -2.16. The molecule has 0 bridgehead atoms. The molecule has 0 saturated heterocycles. The lowest BCUT2D eigenvalue weighted by molar-refractivity contribution is -0.384. The zero-order valence-electron chi connectivity index (χ0n) is 11.5. The number of nitrogens with two attached hydrogens (primary N) is 1. The van der Waals surface area contributed by atoms with E-state index in [1.807, 2.05) is 21.6 Å². The summed E-state index contributed by atoms with van der Waals surface area (Å²) in [5.41, 5.74) is 7.54. The number of rotatable bonds is 2. The molecule has 0 amide bonds. The Hall–Kier alpha value is -3.16. The normalized spacial score (nSPS) is 13.5. The molecule has 0 radical (unpaired) electrons. The predicted octanol–water partition coefficient (Wildman–Crippen LogP) is 2.07. The summed E-state index contributed by atoms with van der Waals surface area (Å²) in [7, 11) is 0. The summed E-state index contributed by atoms with van der Waals surface area (Å²) >= 11 is 0. The van der Waals surface area contributed by atoms with Gasteiger partial charge in [0.05, 0.1) is 10.3 Å². The van der Waals surface area contributed by atoms with Gasteiger partial charge in [0.25, 0.3) is 5.69 Å². The molecular weight excluding hydrogens is 284 g/mol. The van der Waals surface area contributed by atoms with Gasteiger partial charge in [0.15, 0.2) is 0 Å². The van der Waals surface area contributed by atoms with Crippen molar-refractivity contribution in [3.8, 4) is 0 Å². The molecule has 110 valence electrons. The quantitative estimate of drug-likeness (QED) is 0.573. The second-order valence-corrected chi connectivity index (χ2v) is 5.08. The summed E-state index contributed by atoms with van der Waals surface area (Å²) < 4.78 is 2.05. The van der Waals surface area contributed by atoms with Crippen molar-refractivity contribution >= 4 is 34.0 Å². The van der Waals surface area contributed by atoms with E-state index < -0.39 is 4.92 Å². The standard InChI is InChI=1S/C14H12N6O2/c15-13-11-7-12-18(4-5-19(12)14(11)17-8-16-13)9-2-1-3-10(6-9)20(21)22/h1-3,6-8H,4-5H2,(H2,15,16,17). The number of benzene rings is 1. The average Bonchev–Trinajstić information content (AvgIpc) is 3.07. The smallest absolute Gasteiger partial charge is 0.271 e. The fourth-order valence-corrected chi connectivity index (χ4v) is 2.86. The number of non-ortho nitro benzene ring substituents is 1. The van der Waals surface area contributed by atoms with Gasteiger partial charge < -0.3 is 15.2 Å². The second-order valence-electron chi connectivity index (χ2n) is 5.08. The van der Waals surface area contributed by atoms with E-state index in [0.29, 0.717) is 5.82 Å². The molecule has 1 aromatic carbocycles. The lowest BCUT2D eigenvalue weighted by atomic mass is 10.2. The Morgan fingerprint density at radius 2 is 2.09 bits per heavy atom. The van der Waals surface area contributed by atoms with Crippen molar-refractivity contribution in [2.75, 3.05) is 17.2 Å². The highest BCUT2D eigenvalue weighted by atomic mass is 16.6. The minimum Gasteiger partial charge on any atom is -0.383 e. The Kier molecular flexibility index (Phi) is 2.52. The van der Waals surface area contributed by atoms with E-state index in [4.69, 9.17) is 5.73 Å². The van der Waals surface area contributed by atoms with E-state index in [2.05, 4.69) is 9.97 Å². The summed E-state index contributed by atoms with van der Waals surface area (Å²) in [6.45, 7) is 1.48. The zero-order valence-corrected chi connectivity index (χ0v) is 11.5. The van der Waals surface area contributed by atoms with Crippen LogP contribution in [0, 0.1) is 10.1 Å². The van der Waals surface area contributed by atoms with Crippen molar-refractivity contribution in [3.63, 3.8) is 0 Å². The van der Waals surface area contributed by atoms with Gasteiger partial charge in [-0.2, -0.15) is 0 Å². The molecule has 22 heavy (non-hydrogen) atoms. The van der Waals surface area contributed by atoms with E-state index in [9.17, 15) is 10.1 Å². The fourth-order valence-electron chi connectivity index (χ4n) is 2.86. The van der Waals surface area contributed by atoms with Crippen LogP contribution in [-0.4, -0.2) is 26.0 Å². The average molecular weight is 296 g/mol. The fraction of sp³-hybridized carbons (Fsp3) is 0.143. The van der Waals surface area contributed by atoms with E-state index in [0.717, 1.165) is 35.6 Å². The van der Waals surface area contributed by atoms with Crippen LogP contribution < -0.4 is 10.6 Å². The van der Waals surface area contributed by atoms with Crippen LogP contribution in [0.15, 0.2) is 36.7 Å². The highest BCUT2D eigenvalue weighted by Crippen LogP contribution is 2.37. The van der Waals surface area contributed by atoms with Crippen molar-refractivity contribution < 1.29 is 4.92 Å². The van der Waals surface area contributed by atoms with Crippen molar-refractivity contribution in [1.29, 1.82) is 0 Å². The third-order valence-electron chi connectivity index (χ3n) is 3.88. The highest BCUT2D eigenvalue weighted by molar-refractivity contribution is 5.91. The Morgan fingerprint density at radius 3 is 2.91 bits per heavy atom. The third-order valence-corrected chi connectivity index (χ3v) is 3.88. The van der Waals surface area contributed by atoms with Crippen LogP contribution in [0.25, 0.3) is 11.0 Å². The van der Waals surface area contributed by atoms with Gasteiger partial charge in [0.1, 0.15) is 23.6 Å². The molecule has 4 rings (SSSR count). The van der Waals surface area contributed by atoms with E-state index in [1.165, 1.54) is 12.4 Å². The number of nitrogen functional groups attached to an aromatic ring is 1. The second kappa shape index (κ2) is 4.42. The largest absolute Gasteiger partial charge is 0.383 e. The number of nitro benzene ring substituents is 1. The van der Waals surface area contributed by atoms with Gasteiger partial charge in [-0.1, -0.05) is 6.07 Å². The summed E-state index contributed by atoms with van der Waals surface area (Å²) in [5.74, 6) is 1.36. The number of hydrogen-bond acceptors (Lipinski definition) is 6. The topological polar surface area (TPSA) is 103 Å². The summed E-state index contributed by atoms with van der Waals surface area (Å²) in [6.07, 6.45) is 1.45. The molecule has 0 saturated carbocycles.